The lowest BCUT2D eigenvalue weighted by molar-refractivity contribution is -0.00523. The van der Waals surface area contributed by atoms with E-state index in [4.69, 9.17) is 10.5 Å². The maximum atomic E-state index is 12.5. The zero-order valence-corrected chi connectivity index (χ0v) is 11.8. The zero-order valence-electron chi connectivity index (χ0n) is 11.8. The van der Waals surface area contributed by atoms with Crippen molar-refractivity contribution in [2.45, 2.75) is 25.4 Å². The summed E-state index contributed by atoms with van der Waals surface area (Å²) in [5.74, 6) is -0.131. The van der Waals surface area contributed by atoms with E-state index in [-0.39, 0.29) is 17.5 Å². The van der Waals surface area contributed by atoms with Gasteiger partial charge >= 0.3 is 6.09 Å². The fourth-order valence-corrected chi connectivity index (χ4v) is 2.86. The van der Waals surface area contributed by atoms with Crippen molar-refractivity contribution in [3.05, 3.63) is 17.5 Å². The first-order valence-corrected chi connectivity index (χ1v) is 6.85. The van der Waals surface area contributed by atoms with Gasteiger partial charge in [-0.1, -0.05) is 0 Å². The zero-order chi connectivity index (χ0) is 15.0. The van der Waals surface area contributed by atoms with E-state index in [1.165, 1.54) is 0 Å². The summed E-state index contributed by atoms with van der Waals surface area (Å²) >= 11 is 0. The number of likely N-dealkylation sites (tertiary alicyclic amines) is 1. The van der Waals surface area contributed by atoms with Crippen molar-refractivity contribution < 1.29 is 14.3 Å². The van der Waals surface area contributed by atoms with E-state index >= 15 is 0 Å². The number of nitrogens with zero attached hydrogens (tertiary/aromatic N) is 3. The van der Waals surface area contributed by atoms with Crippen LogP contribution in [0.1, 0.15) is 29.0 Å². The van der Waals surface area contributed by atoms with E-state index in [2.05, 4.69) is 15.3 Å². The van der Waals surface area contributed by atoms with E-state index in [9.17, 15) is 9.59 Å². The van der Waals surface area contributed by atoms with Crippen LogP contribution in [0, 0.1) is 6.92 Å². The maximum absolute atomic E-state index is 12.5. The highest BCUT2D eigenvalue weighted by Gasteiger charge is 2.45. The van der Waals surface area contributed by atoms with E-state index in [0.717, 1.165) is 12.8 Å². The van der Waals surface area contributed by atoms with Crippen LogP contribution in [0.3, 0.4) is 0 Å². The summed E-state index contributed by atoms with van der Waals surface area (Å²) in [7, 11) is 0. The number of carbonyl (C=O) groups is 2. The molecule has 0 unspecified atom stereocenters. The Labute approximate surface area is 121 Å². The number of piperidine rings is 1. The average molecular weight is 291 g/mol. The first-order chi connectivity index (χ1) is 9.97. The van der Waals surface area contributed by atoms with Crippen LogP contribution in [0.2, 0.25) is 0 Å². The molecule has 112 valence electrons. The highest BCUT2D eigenvalue weighted by molar-refractivity contribution is 5.92. The standard InChI is InChI=1S/C13H17N5O3/c1-8-5-9(17-11(14)16-8)10(19)18-4-2-3-13(7-18)6-15-12(20)21-13/h5H,2-4,6-7H2,1H3,(H,15,20)(H2,14,16,17)/t13-/m0/s1. The molecule has 0 radical (unpaired) electrons. The van der Waals surface area contributed by atoms with Gasteiger partial charge in [0.05, 0.1) is 13.1 Å². The predicted octanol–water partition coefficient (Wildman–Crippen LogP) is 0.0818. The summed E-state index contributed by atoms with van der Waals surface area (Å²) in [5, 5.41) is 2.65. The summed E-state index contributed by atoms with van der Waals surface area (Å²) in [6, 6.07) is 1.61. The number of nitrogens with one attached hydrogen (secondary N) is 1. The van der Waals surface area contributed by atoms with Crippen LogP contribution < -0.4 is 11.1 Å². The highest BCUT2D eigenvalue weighted by Crippen LogP contribution is 2.28. The summed E-state index contributed by atoms with van der Waals surface area (Å²) in [5.41, 5.74) is 5.89. The lowest BCUT2D eigenvalue weighted by atomic mass is 9.93. The van der Waals surface area contributed by atoms with Crippen molar-refractivity contribution in [1.82, 2.24) is 20.2 Å². The van der Waals surface area contributed by atoms with Gasteiger partial charge in [-0.15, -0.1) is 0 Å². The summed E-state index contributed by atoms with van der Waals surface area (Å²) in [4.78, 5) is 33.4. The van der Waals surface area contributed by atoms with E-state index in [1.807, 2.05) is 0 Å². The Morgan fingerprint density at radius 3 is 3.00 bits per heavy atom. The van der Waals surface area contributed by atoms with Gasteiger partial charge in [0.25, 0.3) is 5.91 Å². The molecule has 2 amide bonds. The minimum Gasteiger partial charge on any atom is -0.439 e. The van der Waals surface area contributed by atoms with Crippen LogP contribution >= 0.6 is 0 Å². The number of aryl methyl sites for hydroxylation is 1. The minimum absolute atomic E-state index is 0.0824. The molecule has 0 bridgehead atoms. The molecule has 21 heavy (non-hydrogen) atoms. The number of hydrogen-bond donors (Lipinski definition) is 2. The number of nitrogen functional groups attached to an aromatic ring is 1. The SMILES string of the molecule is Cc1cc(C(=O)N2CCC[C@]3(CNC(=O)O3)C2)nc(N)n1. The van der Waals surface area contributed by atoms with E-state index < -0.39 is 11.7 Å². The topological polar surface area (TPSA) is 110 Å². The molecule has 0 aromatic carbocycles. The Balaban J connectivity index is 1.79. The largest absolute Gasteiger partial charge is 0.439 e. The molecule has 8 nitrogen and oxygen atoms in total. The molecular weight excluding hydrogens is 274 g/mol. The third-order valence-electron chi connectivity index (χ3n) is 3.78. The molecule has 1 aromatic heterocycles. The van der Waals surface area contributed by atoms with Gasteiger partial charge in [0.15, 0.2) is 0 Å². The molecule has 1 spiro atoms. The molecule has 2 aliphatic heterocycles. The number of anilines is 1. The highest BCUT2D eigenvalue weighted by atomic mass is 16.6. The lowest BCUT2D eigenvalue weighted by Gasteiger charge is -2.38. The first-order valence-electron chi connectivity index (χ1n) is 6.85. The number of carbonyl (C=O) groups excluding carboxylic acids is 2. The number of rotatable bonds is 1. The molecule has 1 atom stereocenters. The average Bonchev–Trinajstić information content (AvgIpc) is 2.77. The quantitative estimate of drug-likeness (QED) is 0.758. The van der Waals surface area contributed by atoms with Gasteiger partial charge in [-0.2, -0.15) is 0 Å². The van der Waals surface area contributed by atoms with Gasteiger partial charge in [-0.3, -0.25) is 4.79 Å². The number of hydrogen-bond acceptors (Lipinski definition) is 6. The van der Waals surface area contributed by atoms with E-state index in [1.54, 1.807) is 17.9 Å². The van der Waals surface area contributed by atoms with Crippen LogP contribution in [-0.2, 0) is 4.74 Å². The Morgan fingerprint density at radius 2 is 2.33 bits per heavy atom. The Morgan fingerprint density at radius 1 is 1.52 bits per heavy atom. The second-order valence-corrected chi connectivity index (χ2v) is 5.51. The van der Waals surface area contributed by atoms with Crippen molar-refractivity contribution in [3.8, 4) is 0 Å². The van der Waals surface area contributed by atoms with Crippen LogP contribution in [0.15, 0.2) is 6.07 Å². The van der Waals surface area contributed by atoms with Gasteiger partial charge in [0.2, 0.25) is 5.95 Å². The maximum Gasteiger partial charge on any atom is 0.407 e. The van der Waals surface area contributed by atoms with Crippen LogP contribution in [0.5, 0.6) is 0 Å². The second-order valence-electron chi connectivity index (χ2n) is 5.51. The molecule has 1 aromatic rings. The first kappa shape index (κ1) is 13.6. The minimum atomic E-state index is -0.612. The van der Waals surface area contributed by atoms with Crippen LogP contribution in [0.4, 0.5) is 10.7 Å². The number of nitrogens with two attached hydrogens (primary N) is 1. The fraction of sp³-hybridized carbons (Fsp3) is 0.538. The monoisotopic (exact) mass is 291 g/mol. The number of amides is 2. The number of alkyl carbamates (subject to hydrolysis) is 1. The third-order valence-corrected chi connectivity index (χ3v) is 3.78. The number of ether oxygens (including phenoxy) is 1. The van der Waals surface area contributed by atoms with Crippen molar-refractivity contribution >= 4 is 17.9 Å². The van der Waals surface area contributed by atoms with Gasteiger partial charge in [-0.05, 0) is 25.8 Å². The summed E-state index contributed by atoms with van der Waals surface area (Å²) in [6.07, 6.45) is 1.10. The van der Waals surface area contributed by atoms with Crippen molar-refractivity contribution in [1.29, 1.82) is 0 Å². The van der Waals surface area contributed by atoms with Gasteiger partial charge in [-0.25, -0.2) is 14.8 Å². The number of aromatic nitrogens is 2. The molecule has 3 rings (SSSR count). The van der Waals surface area contributed by atoms with Crippen molar-refractivity contribution in [2.75, 3.05) is 25.4 Å². The molecule has 3 N–H and O–H groups in total. The molecule has 3 heterocycles. The van der Waals surface area contributed by atoms with Gasteiger partial charge in [0, 0.05) is 12.2 Å². The molecule has 8 heteroatoms. The predicted molar refractivity (Wildman–Crippen MR) is 73.5 cm³/mol. The lowest BCUT2D eigenvalue weighted by Crippen LogP contribution is -2.52. The Kier molecular flexibility index (Phi) is 3.15. The third kappa shape index (κ3) is 2.61. The van der Waals surface area contributed by atoms with Crippen molar-refractivity contribution in [3.63, 3.8) is 0 Å². The normalized spacial score (nSPS) is 24.8. The van der Waals surface area contributed by atoms with Crippen LogP contribution in [-0.4, -0.2) is 52.1 Å². The molecule has 2 aliphatic rings. The van der Waals surface area contributed by atoms with Gasteiger partial charge in [0.1, 0.15) is 11.3 Å². The van der Waals surface area contributed by atoms with Gasteiger partial charge < -0.3 is 20.7 Å². The molecule has 0 aliphatic carbocycles. The fourth-order valence-electron chi connectivity index (χ4n) is 2.86. The van der Waals surface area contributed by atoms with Crippen molar-refractivity contribution in [2.24, 2.45) is 0 Å². The van der Waals surface area contributed by atoms with Crippen LogP contribution in [0.25, 0.3) is 0 Å². The molecular formula is C13H17N5O3. The molecule has 2 fully saturated rings. The Bertz CT molecular complexity index is 585. The molecule has 0 saturated carbocycles. The summed E-state index contributed by atoms with van der Waals surface area (Å²) < 4.78 is 5.35. The smallest absolute Gasteiger partial charge is 0.407 e. The molecule has 2 saturated heterocycles. The van der Waals surface area contributed by atoms with E-state index in [0.29, 0.717) is 25.3 Å². The summed E-state index contributed by atoms with van der Waals surface area (Å²) in [6.45, 7) is 3.17. The Hall–Kier alpha value is -2.38. The second kappa shape index (κ2) is 4.87.